The highest BCUT2D eigenvalue weighted by molar-refractivity contribution is 6.36. The van der Waals surface area contributed by atoms with Crippen LogP contribution in [0.2, 0.25) is 10.0 Å². The van der Waals surface area contributed by atoms with Gasteiger partial charge in [0.15, 0.2) is 18.1 Å². The van der Waals surface area contributed by atoms with E-state index in [9.17, 15) is 19.7 Å². The first kappa shape index (κ1) is 21.3. The number of amides is 1. The number of methoxy groups -OCH3 is 2. The Morgan fingerprint density at radius 3 is 2.32 bits per heavy atom. The minimum Gasteiger partial charge on any atom is -0.493 e. The molecule has 0 bridgehead atoms. The van der Waals surface area contributed by atoms with Gasteiger partial charge in [-0.2, -0.15) is 0 Å². The first-order chi connectivity index (χ1) is 13.3. The summed E-state index contributed by atoms with van der Waals surface area (Å²) in [7, 11) is 2.61. The molecule has 0 spiro atoms. The molecule has 0 saturated carbocycles. The molecule has 0 fully saturated rings. The Morgan fingerprint density at radius 2 is 1.75 bits per heavy atom. The van der Waals surface area contributed by atoms with Crippen molar-refractivity contribution in [1.82, 2.24) is 0 Å². The number of nitro benzene ring substituents is 1. The van der Waals surface area contributed by atoms with Gasteiger partial charge in [0.2, 0.25) is 0 Å². The van der Waals surface area contributed by atoms with Gasteiger partial charge in [-0.05, 0) is 18.2 Å². The average molecular weight is 429 g/mol. The third kappa shape index (κ3) is 5.02. The Hall–Kier alpha value is -3.04. The van der Waals surface area contributed by atoms with Gasteiger partial charge >= 0.3 is 5.97 Å². The monoisotopic (exact) mass is 428 g/mol. The van der Waals surface area contributed by atoms with Crippen molar-refractivity contribution in [2.24, 2.45) is 0 Å². The zero-order valence-electron chi connectivity index (χ0n) is 14.7. The minimum atomic E-state index is -1.08. The summed E-state index contributed by atoms with van der Waals surface area (Å²) in [5, 5.41) is 14.3. The molecular weight excluding hydrogens is 415 g/mol. The molecular formula is C17H14Cl2N2O7. The minimum absolute atomic E-state index is 0.0703. The van der Waals surface area contributed by atoms with Crippen molar-refractivity contribution in [1.29, 1.82) is 0 Å². The number of benzene rings is 2. The summed E-state index contributed by atoms with van der Waals surface area (Å²) in [6.45, 7) is -0.691. The van der Waals surface area contributed by atoms with Gasteiger partial charge in [0.05, 0.1) is 35.9 Å². The van der Waals surface area contributed by atoms with Crippen LogP contribution in [0.3, 0.4) is 0 Å². The maximum atomic E-state index is 12.3. The standard InChI is InChI=1S/C17H14Cl2N2O7/c1-26-14-6-10(13(21(24)25)7-15(14)27-2)17(23)28-8-16(22)20-12-4-3-9(18)5-11(12)19/h3-7H,8H2,1-2H3,(H,20,22). The average Bonchev–Trinajstić information content (AvgIpc) is 2.67. The predicted molar refractivity (Wildman–Crippen MR) is 102 cm³/mol. The van der Waals surface area contributed by atoms with E-state index in [0.717, 1.165) is 12.1 Å². The molecule has 0 atom stereocenters. The van der Waals surface area contributed by atoms with Gasteiger partial charge in [0, 0.05) is 11.1 Å². The lowest BCUT2D eigenvalue weighted by Crippen LogP contribution is -2.21. The van der Waals surface area contributed by atoms with Crippen LogP contribution in [0.15, 0.2) is 30.3 Å². The van der Waals surface area contributed by atoms with Crippen molar-refractivity contribution >= 4 is 46.5 Å². The van der Waals surface area contributed by atoms with Gasteiger partial charge in [-0.1, -0.05) is 23.2 Å². The highest BCUT2D eigenvalue weighted by Gasteiger charge is 2.26. The van der Waals surface area contributed by atoms with E-state index in [1.54, 1.807) is 0 Å². The van der Waals surface area contributed by atoms with Crippen LogP contribution < -0.4 is 14.8 Å². The van der Waals surface area contributed by atoms with Crippen LogP contribution in [0, 0.1) is 10.1 Å². The van der Waals surface area contributed by atoms with E-state index in [0.29, 0.717) is 5.02 Å². The van der Waals surface area contributed by atoms with E-state index in [1.807, 2.05) is 0 Å². The van der Waals surface area contributed by atoms with Gasteiger partial charge in [-0.25, -0.2) is 4.79 Å². The lowest BCUT2D eigenvalue weighted by atomic mass is 10.1. The number of halogens is 2. The highest BCUT2D eigenvalue weighted by atomic mass is 35.5. The quantitative estimate of drug-likeness (QED) is 0.405. The summed E-state index contributed by atoms with van der Waals surface area (Å²) in [4.78, 5) is 34.7. The van der Waals surface area contributed by atoms with Gasteiger partial charge in [-0.15, -0.1) is 0 Å². The van der Waals surface area contributed by atoms with Crippen LogP contribution in [-0.4, -0.2) is 37.6 Å². The number of hydrogen-bond acceptors (Lipinski definition) is 7. The fourth-order valence-electron chi connectivity index (χ4n) is 2.17. The topological polar surface area (TPSA) is 117 Å². The predicted octanol–water partition coefficient (Wildman–Crippen LogP) is 3.71. The van der Waals surface area contributed by atoms with Crippen LogP contribution >= 0.6 is 23.2 Å². The van der Waals surface area contributed by atoms with Gasteiger partial charge in [-0.3, -0.25) is 14.9 Å². The Bertz CT molecular complexity index is 934. The SMILES string of the molecule is COc1cc(C(=O)OCC(=O)Nc2ccc(Cl)cc2Cl)c([N+](=O)[O-])cc1OC. The second-order valence-corrected chi connectivity index (χ2v) is 6.07. The molecule has 0 unspecified atom stereocenters. The summed E-state index contributed by atoms with van der Waals surface area (Å²) in [6, 6.07) is 6.56. The molecule has 9 nitrogen and oxygen atoms in total. The number of carbonyl (C=O) groups excluding carboxylic acids is 2. The normalized spacial score (nSPS) is 10.1. The first-order valence-corrected chi connectivity index (χ1v) is 8.34. The van der Waals surface area contributed by atoms with Crippen molar-refractivity contribution in [2.75, 3.05) is 26.1 Å². The van der Waals surface area contributed by atoms with E-state index in [2.05, 4.69) is 5.32 Å². The third-order valence-electron chi connectivity index (χ3n) is 3.46. The molecule has 1 amide bonds. The molecule has 0 aromatic heterocycles. The maximum Gasteiger partial charge on any atom is 0.345 e. The van der Waals surface area contributed by atoms with E-state index in [1.165, 1.54) is 32.4 Å². The number of hydrogen-bond donors (Lipinski definition) is 1. The molecule has 0 aliphatic rings. The van der Waals surface area contributed by atoms with Crippen LogP contribution in [-0.2, 0) is 9.53 Å². The van der Waals surface area contributed by atoms with Crippen molar-refractivity contribution in [3.8, 4) is 11.5 Å². The molecule has 0 aliphatic heterocycles. The Morgan fingerprint density at radius 1 is 1.11 bits per heavy atom. The van der Waals surface area contributed by atoms with Crippen LogP contribution in [0.25, 0.3) is 0 Å². The summed E-state index contributed by atoms with van der Waals surface area (Å²) in [5.74, 6) is -1.61. The summed E-state index contributed by atoms with van der Waals surface area (Å²) < 4.78 is 14.9. The van der Waals surface area contributed by atoms with Crippen molar-refractivity contribution in [3.05, 3.63) is 56.1 Å². The van der Waals surface area contributed by atoms with Crippen LogP contribution in [0.4, 0.5) is 11.4 Å². The molecule has 0 aliphatic carbocycles. The smallest absolute Gasteiger partial charge is 0.345 e. The van der Waals surface area contributed by atoms with E-state index < -0.39 is 29.1 Å². The Kier molecular flexibility index (Phi) is 7.02. The fraction of sp³-hybridized carbons (Fsp3) is 0.176. The zero-order valence-corrected chi connectivity index (χ0v) is 16.2. The maximum absolute atomic E-state index is 12.3. The third-order valence-corrected chi connectivity index (χ3v) is 4.01. The van der Waals surface area contributed by atoms with E-state index >= 15 is 0 Å². The summed E-state index contributed by atoms with van der Waals surface area (Å²) in [5.41, 5.74) is -0.673. The second-order valence-electron chi connectivity index (χ2n) is 5.23. The largest absolute Gasteiger partial charge is 0.493 e. The molecule has 0 heterocycles. The lowest BCUT2D eigenvalue weighted by Gasteiger charge is -2.11. The Balaban J connectivity index is 2.13. The molecule has 11 heteroatoms. The lowest BCUT2D eigenvalue weighted by molar-refractivity contribution is -0.385. The molecule has 2 rings (SSSR count). The van der Waals surface area contributed by atoms with Crippen LogP contribution in [0.1, 0.15) is 10.4 Å². The number of anilines is 1. The number of ether oxygens (including phenoxy) is 3. The number of rotatable bonds is 7. The first-order valence-electron chi connectivity index (χ1n) is 7.59. The fourth-order valence-corrected chi connectivity index (χ4v) is 2.62. The van der Waals surface area contributed by atoms with Crippen LogP contribution in [0.5, 0.6) is 11.5 Å². The van der Waals surface area contributed by atoms with E-state index in [4.69, 9.17) is 37.4 Å². The zero-order chi connectivity index (χ0) is 20.8. The van der Waals surface area contributed by atoms with E-state index in [-0.39, 0.29) is 27.8 Å². The van der Waals surface area contributed by atoms with Gasteiger partial charge < -0.3 is 19.5 Å². The molecule has 148 valence electrons. The van der Waals surface area contributed by atoms with Gasteiger partial charge in [0.25, 0.3) is 11.6 Å². The summed E-state index contributed by atoms with van der Waals surface area (Å²) in [6.07, 6.45) is 0. The molecule has 1 N–H and O–H groups in total. The molecule has 28 heavy (non-hydrogen) atoms. The molecule has 2 aromatic carbocycles. The Labute approximate surface area is 169 Å². The molecule has 2 aromatic rings. The van der Waals surface area contributed by atoms with Crippen molar-refractivity contribution in [3.63, 3.8) is 0 Å². The summed E-state index contributed by atoms with van der Waals surface area (Å²) >= 11 is 11.7. The number of nitrogens with one attached hydrogen (secondary N) is 1. The molecule has 0 radical (unpaired) electrons. The number of nitrogens with zero attached hydrogens (tertiary/aromatic N) is 1. The number of esters is 1. The second kappa shape index (κ2) is 9.25. The number of nitro groups is 1. The van der Waals surface area contributed by atoms with Gasteiger partial charge in [0.1, 0.15) is 5.56 Å². The highest BCUT2D eigenvalue weighted by Crippen LogP contribution is 2.34. The van der Waals surface area contributed by atoms with Crippen molar-refractivity contribution < 1.29 is 28.7 Å². The molecule has 0 saturated heterocycles. The number of carbonyl (C=O) groups is 2. The van der Waals surface area contributed by atoms with Crippen molar-refractivity contribution in [2.45, 2.75) is 0 Å².